The maximum absolute atomic E-state index is 12.2. The predicted octanol–water partition coefficient (Wildman–Crippen LogP) is 0.476. The summed E-state index contributed by atoms with van der Waals surface area (Å²) < 4.78 is 26.7. The molecule has 0 aliphatic carbocycles. The SMILES string of the molecule is Cc1ccc(S(=O)(=O)Nc2cccc(B(O)O)c2)cc1. The molecular weight excluding hydrogens is 277 g/mol. The molecule has 0 fully saturated rings. The Morgan fingerprint density at radius 1 is 1.05 bits per heavy atom. The summed E-state index contributed by atoms with van der Waals surface area (Å²) in [7, 11) is -5.33. The molecule has 0 saturated carbocycles. The van der Waals surface area contributed by atoms with Crippen molar-refractivity contribution in [2.24, 2.45) is 0 Å². The van der Waals surface area contributed by atoms with E-state index in [1.54, 1.807) is 18.2 Å². The van der Waals surface area contributed by atoms with Crippen LogP contribution in [0.4, 0.5) is 5.69 Å². The number of hydrogen-bond donors (Lipinski definition) is 3. The summed E-state index contributed by atoms with van der Waals surface area (Å²) in [5.74, 6) is 0. The molecule has 0 aliphatic heterocycles. The van der Waals surface area contributed by atoms with Crippen LogP contribution in [-0.4, -0.2) is 25.6 Å². The van der Waals surface area contributed by atoms with Gasteiger partial charge < -0.3 is 10.0 Å². The summed E-state index contributed by atoms with van der Waals surface area (Å²) in [6.07, 6.45) is 0. The highest BCUT2D eigenvalue weighted by Crippen LogP contribution is 2.15. The first kappa shape index (κ1) is 14.6. The van der Waals surface area contributed by atoms with E-state index in [2.05, 4.69) is 4.72 Å². The first-order valence-corrected chi connectivity index (χ1v) is 7.42. The maximum atomic E-state index is 12.2. The Hall–Kier alpha value is -1.83. The molecule has 0 amide bonds. The number of sulfonamides is 1. The minimum Gasteiger partial charge on any atom is -0.423 e. The van der Waals surface area contributed by atoms with Gasteiger partial charge in [0.1, 0.15) is 0 Å². The van der Waals surface area contributed by atoms with Crippen molar-refractivity contribution >= 4 is 28.3 Å². The van der Waals surface area contributed by atoms with Gasteiger partial charge in [-0.15, -0.1) is 0 Å². The van der Waals surface area contributed by atoms with Crippen LogP contribution in [0.25, 0.3) is 0 Å². The molecule has 2 aromatic carbocycles. The van der Waals surface area contributed by atoms with Crippen LogP contribution in [0.2, 0.25) is 0 Å². The zero-order valence-corrected chi connectivity index (χ0v) is 11.6. The van der Waals surface area contributed by atoms with Crippen molar-refractivity contribution in [3.63, 3.8) is 0 Å². The zero-order chi connectivity index (χ0) is 14.8. The van der Waals surface area contributed by atoms with Gasteiger partial charge in [-0.2, -0.15) is 0 Å². The predicted molar refractivity (Wildman–Crippen MR) is 78.3 cm³/mol. The second-order valence-electron chi connectivity index (χ2n) is 4.42. The summed E-state index contributed by atoms with van der Waals surface area (Å²) in [5, 5.41) is 18.1. The van der Waals surface area contributed by atoms with Crippen molar-refractivity contribution < 1.29 is 18.5 Å². The average Bonchev–Trinajstić information content (AvgIpc) is 2.39. The molecule has 7 heteroatoms. The van der Waals surface area contributed by atoms with E-state index in [0.717, 1.165) is 5.56 Å². The van der Waals surface area contributed by atoms with Crippen LogP contribution < -0.4 is 10.2 Å². The molecule has 0 atom stereocenters. The number of aryl methyl sites for hydroxylation is 1. The van der Waals surface area contributed by atoms with Gasteiger partial charge in [-0.1, -0.05) is 29.8 Å². The van der Waals surface area contributed by atoms with Crippen LogP contribution in [0.15, 0.2) is 53.4 Å². The first-order valence-electron chi connectivity index (χ1n) is 5.94. The van der Waals surface area contributed by atoms with Crippen LogP contribution in [-0.2, 0) is 10.0 Å². The third-order valence-electron chi connectivity index (χ3n) is 2.77. The van der Waals surface area contributed by atoms with E-state index in [9.17, 15) is 8.42 Å². The normalized spacial score (nSPS) is 11.2. The molecule has 0 bridgehead atoms. The van der Waals surface area contributed by atoms with E-state index in [0.29, 0.717) is 0 Å². The molecule has 104 valence electrons. The lowest BCUT2D eigenvalue weighted by atomic mass is 9.80. The topological polar surface area (TPSA) is 86.6 Å². The van der Waals surface area contributed by atoms with E-state index in [1.165, 1.54) is 30.3 Å². The zero-order valence-electron chi connectivity index (χ0n) is 10.8. The second kappa shape index (κ2) is 5.66. The summed E-state index contributed by atoms with van der Waals surface area (Å²) in [4.78, 5) is 0.151. The largest absolute Gasteiger partial charge is 0.488 e. The molecule has 20 heavy (non-hydrogen) atoms. The van der Waals surface area contributed by atoms with Gasteiger partial charge in [0.25, 0.3) is 10.0 Å². The van der Waals surface area contributed by atoms with Crippen molar-refractivity contribution in [3.8, 4) is 0 Å². The Bertz CT molecular complexity index is 699. The number of anilines is 1. The van der Waals surface area contributed by atoms with E-state index in [-0.39, 0.29) is 16.0 Å². The Morgan fingerprint density at radius 3 is 2.30 bits per heavy atom. The number of nitrogens with one attached hydrogen (secondary N) is 1. The Kier molecular flexibility index (Phi) is 4.13. The molecule has 5 nitrogen and oxygen atoms in total. The van der Waals surface area contributed by atoms with Crippen LogP contribution in [0.1, 0.15) is 5.56 Å². The molecule has 0 saturated heterocycles. The second-order valence-corrected chi connectivity index (χ2v) is 6.10. The molecule has 2 aromatic rings. The van der Waals surface area contributed by atoms with Crippen LogP contribution >= 0.6 is 0 Å². The van der Waals surface area contributed by atoms with Gasteiger partial charge in [0.05, 0.1) is 4.90 Å². The minimum absolute atomic E-state index is 0.151. The highest BCUT2D eigenvalue weighted by molar-refractivity contribution is 7.92. The van der Waals surface area contributed by atoms with Gasteiger partial charge in [-0.3, -0.25) is 4.72 Å². The summed E-state index contributed by atoms with van der Waals surface area (Å²) in [6, 6.07) is 12.4. The molecule has 0 spiro atoms. The Labute approximate surface area is 118 Å². The van der Waals surface area contributed by atoms with Crippen LogP contribution in [0.5, 0.6) is 0 Å². The van der Waals surface area contributed by atoms with Gasteiger partial charge >= 0.3 is 7.12 Å². The highest BCUT2D eigenvalue weighted by atomic mass is 32.2. The van der Waals surface area contributed by atoms with Gasteiger partial charge in [-0.25, -0.2) is 8.42 Å². The van der Waals surface area contributed by atoms with Gasteiger partial charge in [0.15, 0.2) is 0 Å². The molecule has 0 aromatic heterocycles. The average molecular weight is 291 g/mol. The fourth-order valence-electron chi connectivity index (χ4n) is 1.69. The lowest BCUT2D eigenvalue weighted by molar-refractivity contribution is 0.426. The summed E-state index contributed by atoms with van der Waals surface area (Å²) in [5.41, 5.74) is 1.46. The monoisotopic (exact) mass is 291 g/mol. The number of hydrogen-bond acceptors (Lipinski definition) is 4. The van der Waals surface area contributed by atoms with E-state index in [4.69, 9.17) is 10.0 Å². The third-order valence-corrected chi connectivity index (χ3v) is 4.17. The molecule has 3 N–H and O–H groups in total. The molecule has 0 unspecified atom stereocenters. The van der Waals surface area contributed by atoms with Crippen molar-refractivity contribution in [3.05, 3.63) is 54.1 Å². The quantitative estimate of drug-likeness (QED) is 0.715. The number of rotatable bonds is 4. The Balaban J connectivity index is 2.28. The molecule has 0 heterocycles. The Morgan fingerprint density at radius 2 is 1.70 bits per heavy atom. The van der Waals surface area contributed by atoms with E-state index < -0.39 is 17.1 Å². The van der Waals surface area contributed by atoms with Gasteiger partial charge in [0.2, 0.25) is 0 Å². The first-order chi connectivity index (χ1) is 9.38. The highest BCUT2D eigenvalue weighted by Gasteiger charge is 2.16. The molecule has 2 rings (SSSR count). The van der Waals surface area contributed by atoms with Crippen molar-refractivity contribution in [2.75, 3.05) is 4.72 Å². The lowest BCUT2D eigenvalue weighted by Crippen LogP contribution is -2.30. The fourth-order valence-corrected chi connectivity index (χ4v) is 2.74. The molecular formula is C13H14BNO4S. The standard InChI is InChI=1S/C13H14BNO4S/c1-10-5-7-13(8-6-10)20(18,19)15-12-4-2-3-11(9-12)14(16)17/h2-9,15-17H,1H3. The van der Waals surface area contributed by atoms with E-state index >= 15 is 0 Å². The fraction of sp³-hybridized carbons (Fsp3) is 0.0769. The summed E-state index contributed by atoms with van der Waals surface area (Å²) in [6.45, 7) is 1.87. The lowest BCUT2D eigenvalue weighted by Gasteiger charge is -2.09. The van der Waals surface area contributed by atoms with Gasteiger partial charge in [-0.05, 0) is 36.7 Å². The number of benzene rings is 2. The summed E-state index contributed by atoms with van der Waals surface area (Å²) >= 11 is 0. The van der Waals surface area contributed by atoms with Crippen LogP contribution in [0.3, 0.4) is 0 Å². The molecule has 0 radical (unpaired) electrons. The maximum Gasteiger partial charge on any atom is 0.488 e. The third kappa shape index (κ3) is 3.38. The van der Waals surface area contributed by atoms with Crippen LogP contribution in [0, 0.1) is 6.92 Å². The van der Waals surface area contributed by atoms with E-state index in [1.807, 2.05) is 6.92 Å². The molecule has 0 aliphatic rings. The van der Waals surface area contributed by atoms with Crippen molar-refractivity contribution in [1.82, 2.24) is 0 Å². The minimum atomic E-state index is -3.69. The smallest absolute Gasteiger partial charge is 0.423 e. The van der Waals surface area contributed by atoms with Crippen molar-refractivity contribution in [1.29, 1.82) is 0 Å². The van der Waals surface area contributed by atoms with Gasteiger partial charge in [0, 0.05) is 5.69 Å². The van der Waals surface area contributed by atoms with Crippen molar-refractivity contribution in [2.45, 2.75) is 11.8 Å².